The predicted octanol–water partition coefficient (Wildman–Crippen LogP) is 5.43. The third kappa shape index (κ3) is 4.74. The predicted molar refractivity (Wildman–Crippen MR) is 119 cm³/mol. The molecule has 1 amide bonds. The molecule has 29 heavy (non-hydrogen) atoms. The largest absolute Gasteiger partial charge is 0.483 e. The molecule has 0 unspecified atom stereocenters. The van der Waals surface area contributed by atoms with Gasteiger partial charge in [-0.05, 0) is 60.9 Å². The molecule has 0 atom stereocenters. The molecule has 148 valence electrons. The van der Waals surface area contributed by atoms with E-state index in [1.165, 1.54) is 41.7 Å². The van der Waals surface area contributed by atoms with Crippen LogP contribution in [-0.4, -0.2) is 17.5 Å². The fourth-order valence-electron chi connectivity index (χ4n) is 3.62. The molecule has 1 N–H and O–H groups in total. The molecule has 5 heteroatoms. The fourth-order valence-corrected chi connectivity index (χ4v) is 4.36. The quantitative estimate of drug-likeness (QED) is 0.534. The number of allylic oxidation sites excluding steroid dienone is 1. The maximum atomic E-state index is 12.3. The van der Waals surface area contributed by atoms with Gasteiger partial charge in [0.05, 0.1) is 5.69 Å². The van der Waals surface area contributed by atoms with Crippen molar-refractivity contribution in [1.82, 2.24) is 4.98 Å². The molecule has 1 aromatic heterocycles. The highest BCUT2D eigenvalue weighted by molar-refractivity contribution is 7.14. The van der Waals surface area contributed by atoms with E-state index in [4.69, 9.17) is 4.74 Å². The minimum atomic E-state index is -0.218. The Bertz CT molecular complexity index is 1030. The summed E-state index contributed by atoms with van der Waals surface area (Å²) in [5, 5.41) is 5.41. The van der Waals surface area contributed by atoms with E-state index < -0.39 is 0 Å². The maximum Gasteiger partial charge on any atom is 0.264 e. The number of carbonyl (C=O) groups excluding carboxylic acids is 1. The van der Waals surface area contributed by atoms with Gasteiger partial charge in [0.1, 0.15) is 5.75 Å². The Hall–Kier alpha value is -2.92. The number of fused-ring (bicyclic) bond motifs is 1. The Morgan fingerprint density at radius 3 is 2.86 bits per heavy atom. The summed E-state index contributed by atoms with van der Waals surface area (Å²) in [5.41, 5.74) is 5.91. The normalized spacial score (nSPS) is 12.8. The highest BCUT2D eigenvalue weighted by Crippen LogP contribution is 2.29. The molecule has 3 aromatic rings. The van der Waals surface area contributed by atoms with Crippen LogP contribution in [0.5, 0.6) is 5.75 Å². The summed E-state index contributed by atoms with van der Waals surface area (Å²) in [7, 11) is 0. The first kappa shape index (κ1) is 19.4. The third-order valence-corrected chi connectivity index (χ3v) is 5.85. The van der Waals surface area contributed by atoms with Crippen LogP contribution in [0.4, 0.5) is 5.13 Å². The molecule has 0 saturated carbocycles. The van der Waals surface area contributed by atoms with Crippen molar-refractivity contribution in [2.24, 2.45) is 0 Å². The third-order valence-electron chi connectivity index (χ3n) is 5.09. The number of carbonyl (C=O) groups is 1. The molecule has 4 rings (SSSR count). The van der Waals surface area contributed by atoms with E-state index in [0.717, 1.165) is 23.2 Å². The van der Waals surface area contributed by atoms with Crippen LogP contribution in [-0.2, 0) is 24.1 Å². The Morgan fingerprint density at radius 2 is 2.00 bits per heavy atom. The fraction of sp³-hybridized carbons (Fsp3) is 0.250. The topological polar surface area (TPSA) is 51.2 Å². The van der Waals surface area contributed by atoms with Gasteiger partial charge in [-0.15, -0.1) is 17.9 Å². The van der Waals surface area contributed by atoms with Crippen molar-refractivity contribution in [2.45, 2.75) is 32.1 Å². The number of nitrogens with one attached hydrogen (secondary N) is 1. The summed E-state index contributed by atoms with van der Waals surface area (Å²) in [6.07, 6.45) is 7.37. The zero-order valence-electron chi connectivity index (χ0n) is 16.3. The Morgan fingerprint density at radius 1 is 1.17 bits per heavy atom. The van der Waals surface area contributed by atoms with Gasteiger partial charge in [-0.1, -0.05) is 36.4 Å². The molecule has 1 aliphatic rings. The highest BCUT2D eigenvalue weighted by Gasteiger charge is 2.13. The van der Waals surface area contributed by atoms with Gasteiger partial charge >= 0.3 is 0 Å². The van der Waals surface area contributed by atoms with Gasteiger partial charge < -0.3 is 4.74 Å². The van der Waals surface area contributed by atoms with Crippen LogP contribution in [0, 0.1) is 0 Å². The SMILES string of the molecule is C=CCc1ccccc1OCC(=O)Nc1nc(-c2ccc3c(c2)CCCC3)cs1. The number of hydrogen-bond acceptors (Lipinski definition) is 4. The standard InChI is InChI=1S/C24H24N2O2S/c1-2-7-18-9-5-6-11-22(18)28-15-23(27)26-24-25-21(16-29-24)20-13-12-17-8-3-4-10-19(17)14-20/h2,5-6,9,11-14,16H,1,3-4,7-8,10,15H2,(H,25,26,27). The lowest BCUT2D eigenvalue weighted by atomic mass is 9.90. The zero-order valence-corrected chi connectivity index (χ0v) is 17.1. The molecule has 0 fully saturated rings. The average molecular weight is 405 g/mol. The van der Waals surface area contributed by atoms with Gasteiger partial charge in [0.15, 0.2) is 11.7 Å². The summed E-state index contributed by atoms with van der Waals surface area (Å²) in [6, 6.07) is 14.3. The number of para-hydroxylation sites is 1. The van der Waals surface area contributed by atoms with Crippen molar-refractivity contribution in [1.29, 1.82) is 0 Å². The number of rotatable bonds is 7. The first-order chi connectivity index (χ1) is 14.2. The van der Waals surface area contributed by atoms with E-state index in [0.29, 0.717) is 17.3 Å². The lowest BCUT2D eigenvalue weighted by molar-refractivity contribution is -0.118. The number of nitrogens with zero attached hydrogens (tertiary/aromatic N) is 1. The summed E-state index contributed by atoms with van der Waals surface area (Å²) < 4.78 is 5.69. The van der Waals surface area contributed by atoms with Crippen molar-refractivity contribution < 1.29 is 9.53 Å². The number of aromatic nitrogens is 1. The summed E-state index contributed by atoms with van der Waals surface area (Å²) in [4.78, 5) is 16.9. The second-order valence-corrected chi connectivity index (χ2v) is 8.02. The van der Waals surface area contributed by atoms with Gasteiger partial charge in [-0.2, -0.15) is 0 Å². The van der Waals surface area contributed by atoms with Crippen molar-refractivity contribution in [3.05, 3.63) is 77.2 Å². The molecular formula is C24H24N2O2S. The van der Waals surface area contributed by atoms with E-state index in [1.54, 1.807) is 0 Å². The summed E-state index contributed by atoms with van der Waals surface area (Å²) in [6.45, 7) is 3.70. The van der Waals surface area contributed by atoms with Gasteiger partial charge in [-0.3, -0.25) is 10.1 Å². The smallest absolute Gasteiger partial charge is 0.264 e. The summed E-state index contributed by atoms with van der Waals surface area (Å²) >= 11 is 1.43. The molecule has 0 aliphatic heterocycles. The van der Waals surface area contributed by atoms with E-state index in [9.17, 15) is 4.79 Å². The number of thiazole rings is 1. The Labute approximate surface area is 175 Å². The monoisotopic (exact) mass is 404 g/mol. The minimum absolute atomic E-state index is 0.0537. The lowest BCUT2D eigenvalue weighted by Gasteiger charge is -2.16. The highest BCUT2D eigenvalue weighted by atomic mass is 32.1. The minimum Gasteiger partial charge on any atom is -0.483 e. The van der Waals surface area contributed by atoms with Gasteiger partial charge in [-0.25, -0.2) is 4.98 Å². The van der Waals surface area contributed by atoms with Crippen LogP contribution in [0.15, 0.2) is 60.5 Å². The van der Waals surface area contributed by atoms with E-state index >= 15 is 0 Å². The molecule has 2 aromatic carbocycles. The molecule has 1 aliphatic carbocycles. The molecular weight excluding hydrogens is 380 g/mol. The van der Waals surface area contributed by atoms with Crippen LogP contribution in [0.3, 0.4) is 0 Å². The van der Waals surface area contributed by atoms with Crippen LogP contribution >= 0.6 is 11.3 Å². The zero-order chi connectivity index (χ0) is 20.1. The van der Waals surface area contributed by atoms with Gasteiger partial charge in [0.2, 0.25) is 0 Å². The van der Waals surface area contributed by atoms with Crippen LogP contribution in [0.25, 0.3) is 11.3 Å². The Balaban J connectivity index is 1.38. The van der Waals surface area contributed by atoms with Crippen molar-refractivity contribution in [2.75, 3.05) is 11.9 Å². The maximum absolute atomic E-state index is 12.3. The van der Waals surface area contributed by atoms with Gasteiger partial charge in [0.25, 0.3) is 5.91 Å². The number of benzene rings is 2. The number of aryl methyl sites for hydroxylation is 2. The summed E-state index contributed by atoms with van der Waals surface area (Å²) in [5.74, 6) is 0.487. The first-order valence-corrected chi connectivity index (χ1v) is 10.8. The van der Waals surface area contributed by atoms with Crippen LogP contribution < -0.4 is 10.1 Å². The van der Waals surface area contributed by atoms with E-state index in [1.807, 2.05) is 35.7 Å². The molecule has 0 bridgehead atoms. The molecule has 4 nitrogen and oxygen atoms in total. The number of amides is 1. The second-order valence-electron chi connectivity index (χ2n) is 7.17. The molecule has 0 saturated heterocycles. The van der Waals surface area contributed by atoms with E-state index in [-0.39, 0.29) is 12.5 Å². The van der Waals surface area contributed by atoms with E-state index in [2.05, 4.69) is 35.1 Å². The first-order valence-electron chi connectivity index (χ1n) is 9.92. The second kappa shape index (κ2) is 9.05. The average Bonchev–Trinajstić information content (AvgIpc) is 3.21. The number of anilines is 1. The molecule has 1 heterocycles. The lowest BCUT2D eigenvalue weighted by Crippen LogP contribution is -2.20. The Kier molecular flexibility index (Phi) is 6.06. The van der Waals surface area contributed by atoms with Crippen LogP contribution in [0.2, 0.25) is 0 Å². The van der Waals surface area contributed by atoms with Gasteiger partial charge in [0, 0.05) is 10.9 Å². The van der Waals surface area contributed by atoms with Crippen molar-refractivity contribution >= 4 is 22.4 Å². The van der Waals surface area contributed by atoms with Crippen molar-refractivity contribution in [3.63, 3.8) is 0 Å². The molecule has 0 spiro atoms. The number of ether oxygens (including phenoxy) is 1. The number of hydrogen-bond donors (Lipinski definition) is 1. The van der Waals surface area contributed by atoms with Crippen molar-refractivity contribution in [3.8, 4) is 17.0 Å². The molecule has 0 radical (unpaired) electrons. The van der Waals surface area contributed by atoms with Crippen LogP contribution in [0.1, 0.15) is 29.5 Å².